The molecule has 2 amide bonds. The average molecular weight is 404 g/mol. The van der Waals surface area contributed by atoms with Crippen molar-refractivity contribution >= 4 is 29.3 Å². The van der Waals surface area contributed by atoms with Crippen LogP contribution in [0.2, 0.25) is 0 Å². The van der Waals surface area contributed by atoms with E-state index < -0.39 is 0 Å². The molecule has 0 unspecified atom stereocenters. The number of nitrogens with zero attached hydrogens (tertiary/aromatic N) is 1. The summed E-state index contributed by atoms with van der Waals surface area (Å²) >= 11 is 1.21. The van der Waals surface area contributed by atoms with Gasteiger partial charge in [-0.25, -0.2) is 4.98 Å². The maximum absolute atomic E-state index is 12.4. The van der Waals surface area contributed by atoms with Crippen LogP contribution in [0.4, 0.5) is 5.69 Å². The fourth-order valence-electron chi connectivity index (χ4n) is 2.30. The third kappa shape index (κ3) is 5.88. The Balaban J connectivity index is 2.03. The smallest absolute Gasteiger partial charge is 0.254 e. The minimum atomic E-state index is -0.229. The van der Waals surface area contributed by atoms with Gasteiger partial charge in [0.2, 0.25) is 5.91 Å². The Morgan fingerprint density at radius 2 is 2.00 bits per heavy atom. The van der Waals surface area contributed by atoms with Crippen LogP contribution in [0.5, 0.6) is 11.5 Å². The van der Waals surface area contributed by atoms with Crippen LogP contribution in [0.1, 0.15) is 30.6 Å². The van der Waals surface area contributed by atoms with Gasteiger partial charge in [-0.1, -0.05) is 18.7 Å². The zero-order valence-corrected chi connectivity index (χ0v) is 17.3. The molecule has 2 aromatic rings. The van der Waals surface area contributed by atoms with Crippen LogP contribution in [-0.4, -0.2) is 42.8 Å². The number of benzene rings is 1. The van der Waals surface area contributed by atoms with Crippen molar-refractivity contribution < 1.29 is 19.1 Å². The Kier molecular flexibility index (Phi) is 8.13. The molecule has 0 saturated heterocycles. The van der Waals surface area contributed by atoms with E-state index in [-0.39, 0.29) is 23.6 Å². The molecular formula is C20H25N3O4S. The number of rotatable bonds is 9. The average Bonchev–Trinajstić information content (AvgIpc) is 2.72. The highest BCUT2D eigenvalue weighted by molar-refractivity contribution is 8.00. The second-order valence-corrected chi connectivity index (χ2v) is 7.01. The van der Waals surface area contributed by atoms with E-state index in [9.17, 15) is 9.59 Å². The van der Waals surface area contributed by atoms with Crippen molar-refractivity contribution in [1.82, 2.24) is 10.3 Å². The first-order valence-corrected chi connectivity index (χ1v) is 9.87. The number of carbonyl (C=O) groups excluding carboxylic acids is 2. The molecule has 0 spiro atoms. The summed E-state index contributed by atoms with van der Waals surface area (Å²) in [6.45, 7) is 3.94. The van der Waals surface area contributed by atoms with E-state index in [4.69, 9.17) is 9.47 Å². The third-order valence-corrected chi connectivity index (χ3v) is 5.03. The van der Waals surface area contributed by atoms with Crippen LogP contribution in [-0.2, 0) is 4.79 Å². The van der Waals surface area contributed by atoms with E-state index >= 15 is 0 Å². The van der Waals surface area contributed by atoms with Crippen molar-refractivity contribution in [2.45, 2.75) is 31.3 Å². The molecule has 7 nitrogen and oxygen atoms in total. The molecule has 2 rings (SSSR count). The minimum absolute atomic E-state index is 0.0661. The Bertz CT molecular complexity index is 829. The Morgan fingerprint density at radius 3 is 2.68 bits per heavy atom. The van der Waals surface area contributed by atoms with Gasteiger partial charge in [-0.3, -0.25) is 9.59 Å². The van der Waals surface area contributed by atoms with Gasteiger partial charge in [-0.15, -0.1) is 0 Å². The number of ether oxygens (including phenoxy) is 2. The van der Waals surface area contributed by atoms with E-state index in [1.807, 2.05) is 13.8 Å². The first kappa shape index (κ1) is 21.6. The second kappa shape index (κ2) is 10.6. The van der Waals surface area contributed by atoms with Gasteiger partial charge in [0, 0.05) is 18.3 Å². The van der Waals surface area contributed by atoms with Crippen molar-refractivity contribution in [2.24, 2.45) is 0 Å². The Morgan fingerprint density at radius 1 is 1.21 bits per heavy atom. The van der Waals surface area contributed by atoms with Gasteiger partial charge in [-0.2, -0.15) is 0 Å². The number of hydrogen-bond donors (Lipinski definition) is 2. The standard InChI is InChI=1S/C20H25N3O4S/c1-5-13(2)22-19(25)15-7-6-10-21-20(15)28-12-18(24)23-16-9-8-14(26-3)11-17(16)27-4/h6-11,13H,5,12H2,1-4H3,(H,22,25)(H,23,24)/t13-/m0/s1. The molecule has 1 aromatic carbocycles. The normalized spacial score (nSPS) is 11.4. The molecule has 1 atom stereocenters. The molecule has 0 aliphatic carbocycles. The van der Waals surface area contributed by atoms with Gasteiger partial charge < -0.3 is 20.1 Å². The predicted octanol–water partition coefficient (Wildman–Crippen LogP) is 3.36. The largest absolute Gasteiger partial charge is 0.497 e. The highest BCUT2D eigenvalue weighted by Crippen LogP contribution is 2.29. The fraction of sp³-hybridized carbons (Fsp3) is 0.350. The van der Waals surface area contributed by atoms with E-state index in [2.05, 4.69) is 15.6 Å². The quantitative estimate of drug-likeness (QED) is 0.624. The zero-order chi connectivity index (χ0) is 20.5. The topological polar surface area (TPSA) is 89.6 Å². The van der Waals surface area contributed by atoms with Crippen LogP contribution in [0.15, 0.2) is 41.6 Å². The van der Waals surface area contributed by atoms with Gasteiger partial charge in [0.1, 0.15) is 16.5 Å². The summed E-state index contributed by atoms with van der Waals surface area (Å²) < 4.78 is 10.4. The van der Waals surface area contributed by atoms with Gasteiger partial charge in [0.25, 0.3) is 5.91 Å². The van der Waals surface area contributed by atoms with E-state index in [1.165, 1.54) is 18.9 Å². The van der Waals surface area contributed by atoms with E-state index in [0.29, 0.717) is 27.8 Å². The summed E-state index contributed by atoms with van der Waals surface area (Å²) in [5.41, 5.74) is 1.01. The van der Waals surface area contributed by atoms with Crippen molar-refractivity contribution in [3.05, 3.63) is 42.1 Å². The number of methoxy groups -OCH3 is 2. The first-order valence-electron chi connectivity index (χ1n) is 8.89. The lowest BCUT2D eigenvalue weighted by Gasteiger charge is -2.14. The van der Waals surface area contributed by atoms with Crippen LogP contribution >= 0.6 is 11.8 Å². The monoisotopic (exact) mass is 403 g/mol. The molecule has 0 aliphatic rings. The van der Waals surface area contributed by atoms with Crippen LogP contribution in [0, 0.1) is 0 Å². The minimum Gasteiger partial charge on any atom is -0.497 e. The number of anilines is 1. The van der Waals surface area contributed by atoms with Crippen molar-refractivity contribution in [2.75, 3.05) is 25.3 Å². The molecule has 28 heavy (non-hydrogen) atoms. The molecule has 150 valence electrons. The van der Waals surface area contributed by atoms with E-state index in [0.717, 1.165) is 6.42 Å². The zero-order valence-electron chi connectivity index (χ0n) is 16.4. The summed E-state index contributed by atoms with van der Waals surface area (Å²) in [7, 11) is 3.08. The molecule has 1 aromatic heterocycles. The third-order valence-electron chi connectivity index (χ3n) is 4.03. The van der Waals surface area contributed by atoms with Gasteiger partial charge in [0.05, 0.1) is 31.2 Å². The van der Waals surface area contributed by atoms with Crippen molar-refractivity contribution in [1.29, 1.82) is 0 Å². The van der Waals surface area contributed by atoms with Crippen LogP contribution < -0.4 is 20.1 Å². The summed E-state index contributed by atoms with van der Waals surface area (Å²) in [4.78, 5) is 29.0. The summed E-state index contributed by atoms with van der Waals surface area (Å²) in [6, 6.07) is 8.62. The number of amides is 2. The lowest BCUT2D eigenvalue weighted by Crippen LogP contribution is -2.32. The van der Waals surface area contributed by atoms with Gasteiger partial charge in [-0.05, 0) is 37.6 Å². The van der Waals surface area contributed by atoms with Crippen LogP contribution in [0.3, 0.4) is 0 Å². The molecule has 0 radical (unpaired) electrons. The van der Waals surface area contributed by atoms with Gasteiger partial charge in [0.15, 0.2) is 0 Å². The highest BCUT2D eigenvalue weighted by atomic mass is 32.2. The second-order valence-electron chi connectivity index (χ2n) is 6.04. The number of nitrogens with one attached hydrogen (secondary N) is 2. The Hall–Kier alpha value is -2.74. The molecule has 0 fully saturated rings. The number of aromatic nitrogens is 1. The Labute approximate surface area is 169 Å². The van der Waals surface area contributed by atoms with Crippen molar-refractivity contribution in [3.8, 4) is 11.5 Å². The lowest BCUT2D eigenvalue weighted by molar-refractivity contribution is -0.113. The van der Waals surface area contributed by atoms with Crippen LogP contribution in [0.25, 0.3) is 0 Å². The number of pyridine rings is 1. The molecule has 0 aliphatic heterocycles. The van der Waals surface area contributed by atoms with Gasteiger partial charge >= 0.3 is 0 Å². The molecule has 0 bridgehead atoms. The van der Waals surface area contributed by atoms with E-state index in [1.54, 1.807) is 43.6 Å². The molecule has 0 saturated carbocycles. The number of carbonyl (C=O) groups is 2. The predicted molar refractivity (Wildman–Crippen MR) is 110 cm³/mol. The SMILES string of the molecule is CC[C@H](C)NC(=O)c1cccnc1SCC(=O)Nc1ccc(OC)cc1OC. The molecular weight excluding hydrogens is 378 g/mol. The lowest BCUT2D eigenvalue weighted by atomic mass is 10.2. The fourth-order valence-corrected chi connectivity index (χ4v) is 3.10. The summed E-state index contributed by atoms with van der Waals surface area (Å²) in [5, 5.41) is 6.24. The highest BCUT2D eigenvalue weighted by Gasteiger charge is 2.16. The summed E-state index contributed by atoms with van der Waals surface area (Å²) in [5.74, 6) is 0.823. The number of hydrogen-bond acceptors (Lipinski definition) is 6. The first-order chi connectivity index (χ1) is 13.5. The number of thioether (sulfide) groups is 1. The maximum Gasteiger partial charge on any atom is 0.254 e. The maximum atomic E-state index is 12.4. The molecule has 1 heterocycles. The summed E-state index contributed by atoms with van der Waals surface area (Å²) in [6.07, 6.45) is 2.44. The molecule has 8 heteroatoms. The molecule has 2 N–H and O–H groups in total. The van der Waals surface area contributed by atoms with Crippen molar-refractivity contribution in [3.63, 3.8) is 0 Å².